The van der Waals surface area contributed by atoms with Gasteiger partial charge in [0.25, 0.3) is 0 Å². The summed E-state index contributed by atoms with van der Waals surface area (Å²) in [5, 5.41) is 0. The zero-order valence-electron chi connectivity index (χ0n) is 13.1. The Hall–Kier alpha value is -1.96. The molecule has 2 heteroatoms. The summed E-state index contributed by atoms with van der Waals surface area (Å²) >= 11 is 0. The van der Waals surface area contributed by atoms with Crippen LogP contribution in [0.5, 0.6) is 11.5 Å². The summed E-state index contributed by atoms with van der Waals surface area (Å²) < 4.78 is 11.4. The van der Waals surface area contributed by atoms with Crippen molar-refractivity contribution >= 4 is 0 Å². The van der Waals surface area contributed by atoms with Gasteiger partial charge in [0.05, 0.1) is 13.2 Å². The van der Waals surface area contributed by atoms with Crippen LogP contribution in [0.15, 0.2) is 48.5 Å². The van der Waals surface area contributed by atoms with Gasteiger partial charge >= 0.3 is 0 Å². The van der Waals surface area contributed by atoms with Gasteiger partial charge in [0.1, 0.15) is 11.5 Å². The van der Waals surface area contributed by atoms with Crippen molar-refractivity contribution in [3.63, 3.8) is 0 Å². The van der Waals surface area contributed by atoms with Gasteiger partial charge in [-0.3, -0.25) is 0 Å². The molecular weight excluding hydrogens is 260 g/mol. The Bertz CT molecular complexity index is 526. The molecule has 0 aliphatic carbocycles. The summed E-state index contributed by atoms with van der Waals surface area (Å²) in [6.07, 6.45) is 0.875. The first kappa shape index (κ1) is 15.4. The van der Waals surface area contributed by atoms with Gasteiger partial charge in [-0.1, -0.05) is 43.7 Å². The molecule has 2 aromatic carbocycles. The third-order valence-corrected chi connectivity index (χ3v) is 3.39. The van der Waals surface area contributed by atoms with Crippen molar-refractivity contribution in [2.75, 3.05) is 13.2 Å². The number of ether oxygens (including phenoxy) is 2. The number of hydrogen-bond donors (Lipinski definition) is 0. The molecule has 2 nitrogen and oxygen atoms in total. The molecule has 0 radical (unpaired) electrons. The van der Waals surface area contributed by atoms with Gasteiger partial charge < -0.3 is 9.47 Å². The summed E-state index contributed by atoms with van der Waals surface area (Å²) in [7, 11) is 0. The lowest BCUT2D eigenvalue weighted by atomic mass is 10.0. The number of hydrogen-bond acceptors (Lipinski definition) is 2. The highest BCUT2D eigenvalue weighted by molar-refractivity contribution is 5.29. The standard InChI is InChI=1S/C19H24O2/c1-15(2)17-7-11-19(12-8-17)21-14-4-13-20-18-9-5-16(3)6-10-18/h5-12,15H,4,13-14H2,1-3H3. The third-order valence-electron chi connectivity index (χ3n) is 3.39. The van der Waals surface area contributed by atoms with Crippen LogP contribution >= 0.6 is 0 Å². The van der Waals surface area contributed by atoms with Gasteiger partial charge in [0.2, 0.25) is 0 Å². The summed E-state index contributed by atoms with van der Waals surface area (Å²) in [5.41, 5.74) is 2.58. The van der Waals surface area contributed by atoms with E-state index >= 15 is 0 Å². The lowest BCUT2D eigenvalue weighted by molar-refractivity contribution is 0.247. The number of aryl methyl sites for hydroxylation is 1. The zero-order valence-corrected chi connectivity index (χ0v) is 13.1. The fourth-order valence-corrected chi connectivity index (χ4v) is 2.02. The maximum Gasteiger partial charge on any atom is 0.119 e. The molecule has 0 saturated heterocycles. The Labute approximate surface area is 127 Å². The van der Waals surface area contributed by atoms with E-state index in [1.807, 2.05) is 24.3 Å². The van der Waals surface area contributed by atoms with Crippen LogP contribution in [-0.2, 0) is 0 Å². The van der Waals surface area contributed by atoms with Crippen LogP contribution in [0.4, 0.5) is 0 Å². The Morgan fingerprint density at radius 1 is 0.762 bits per heavy atom. The number of rotatable bonds is 7. The maximum atomic E-state index is 5.72. The summed E-state index contributed by atoms with van der Waals surface area (Å²) in [4.78, 5) is 0. The van der Waals surface area contributed by atoms with E-state index in [1.54, 1.807) is 0 Å². The largest absolute Gasteiger partial charge is 0.493 e. The summed E-state index contributed by atoms with van der Waals surface area (Å²) in [5.74, 6) is 2.40. The Balaban J connectivity index is 1.66. The molecule has 2 aromatic rings. The third kappa shape index (κ3) is 5.14. The van der Waals surface area contributed by atoms with E-state index in [9.17, 15) is 0 Å². The van der Waals surface area contributed by atoms with E-state index in [1.165, 1.54) is 11.1 Å². The van der Waals surface area contributed by atoms with Crippen LogP contribution in [0.2, 0.25) is 0 Å². The molecule has 0 aromatic heterocycles. The lowest BCUT2D eigenvalue weighted by Crippen LogP contribution is -2.05. The second kappa shape index (κ2) is 7.72. The fraction of sp³-hybridized carbons (Fsp3) is 0.368. The zero-order chi connectivity index (χ0) is 15.1. The fourth-order valence-electron chi connectivity index (χ4n) is 2.02. The molecule has 0 amide bonds. The minimum Gasteiger partial charge on any atom is -0.493 e. The SMILES string of the molecule is Cc1ccc(OCCCOc2ccc(C(C)C)cc2)cc1. The highest BCUT2D eigenvalue weighted by Gasteiger charge is 1.99. The quantitative estimate of drug-likeness (QED) is 0.669. The predicted octanol–water partition coefficient (Wildman–Crippen LogP) is 4.97. The Morgan fingerprint density at radius 2 is 1.24 bits per heavy atom. The molecule has 0 fully saturated rings. The van der Waals surface area contributed by atoms with Gasteiger partial charge in [-0.15, -0.1) is 0 Å². The molecule has 0 spiro atoms. The molecule has 112 valence electrons. The second-order valence-corrected chi connectivity index (χ2v) is 5.59. The molecule has 0 heterocycles. The average Bonchev–Trinajstić information content (AvgIpc) is 2.49. The van der Waals surface area contributed by atoms with Crippen molar-refractivity contribution < 1.29 is 9.47 Å². The van der Waals surface area contributed by atoms with Crippen molar-refractivity contribution in [1.82, 2.24) is 0 Å². The molecule has 21 heavy (non-hydrogen) atoms. The van der Waals surface area contributed by atoms with E-state index in [0.717, 1.165) is 17.9 Å². The molecular formula is C19H24O2. The van der Waals surface area contributed by atoms with Crippen LogP contribution in [0.1, 0.15) is 37.3 Å². The lowest BCUT2D eigenvalue weighted by Gasteiger charge is -2.10. The molecule has 2 rings (SSSR count). The van der Waals surface area contributed by atoms with E-state index < -0.39 is 0 Å². The highest BCUT2D eigenvalue weighted by Crippen LogP contribution is 2.18. The van der Waals surface area contributed by atoms with Crippen molar-refractivity contribution in [3.8, 4) is 11.5 Å². The molecule has 0 N–H and O–H groups in total. The topological polar surface area (TPSA) is 18.5 Å². The van der Waals surface area contributed by atoms with Gasteiger partial charge in [-0.2, -0.15) is 0 Å². The van der Waals surface area contributed by atoms with Crippen LogP contribution in [0.3, 0.4) is 0 Å². The molecule has 0 aliphatic rings. The highest BCUT2D eigenvalue weighted by atomic mass is 16.5. The van der Waals surface area contributed by atoms with Crippen LogP contribution in [0.25, 0.3) is 0 Å². The Kier molecular flexibility index (Phi) is 5.68. The van der Waals surface area contributed by atoms with Crippen LogP contribution in [0, 0.1) is 6.92 Å². The van der Waals surface area contributed by atoms with E-state index in [4.69, 9.17) is 9.47 Å². The summed E-state index contributed by atoms with van der Waals surface area (Å²) in [6.45, 7) is 7.80. The monoisotopic (exact) mass is 284 g/mol. The predicted molar refractivity (Wildman–Crippen MR) is 87.3 cm³/mol. The van der Waals surface area contributed by atoms with Gasteiger partial charge in [0.15, 0.2) is 0 Å². The van der Waals surface area contributed by atoms with Crippen LogP contribution in [-0.4, -0.2) is 13.2 Å². The molecule has 0 bridgehead atoms. The van der Waals surface area contributed by atoms with Crippen molar-refractivity contribution in [2.45, 2.75) is 33.1 Å². The van der Waals surface area contributed by atoms with E-state index in [-0.39, 0.29) is 0 Å². The average molecular weight is 284 g/mol. The van der Waals surface area contributed by atoms with Crippen molar-refractivity contribution in [2.24, 2.45) is 0 Å². The smallest absolute Gasteiger partial charge is 0.119 e. The van der Waals surface area contributed by atoms with E-state index in [0.29, 0.717) is 19.1 Å². The van der Waals surface area contributed by atoms with Gasteiger partial charge in [-0.25, -0.2) is 0 Å². The first-order valence-electron chi connectivity index (χ1n) is 7.57. The maximum absolute atomic E-state index is 5.72. The Morgan fingerprint density at radius 3 is 1.71 bits per heavy atom. The minimum atomic E-state index is 0.557. The van der Waals surface area contributed by atoms with Gasteiger partial charge in [0, 0.05) is 6.42 Å². The molecule has 0 atom stereocenters. The summed E-state index contributed by atoms with van der Waals surface area (Å²) in [6, 6.07) is 16.4. The minimum absolute atomic E-state index is 0.557. The van der Waals surface area contributed by atoms with Crippen molar-refractivity contribution in [3.05, 3.63) is 59.7 Å². The first-order valence-corrected chi connectivity index (χ1v) is 7.57. The molecule has 0 unspecified atom stereocenters. The normalized spacial score (nSPS) is 10.7. The second-order valence-electron chi connectivity index (χ2n) is 5.59. The number of benzene rings is 2. The van der Waals surface area contributed by atoms with Gasteiger partial charge in [-0.05, 0) is 42.7 Å². The van der Waals surface area contributed by atoms with Crippen LogP contribution < -0.4 is 9.47 Å². The first-order chi connectivity index (χ1) is 10.1. The molecule has 0 saturated carbocycles. The molecule has 0 aliphatic heterocycles. The van der Waals surface area contributed by atoms with Crippen molar-refractivity contribution in [1.29, 1.82) is 0 Å². The van der Waals surface area contributed by atoms with E-state index in [2.05, 4.69) is 45.0 Å².